The maximum absolute atomic E-state index is 12.2. The first-order valence-corrected chi connectivity index (χ1v) is 7.15. The summed E-state index contributed by atoms with van der Waals surface area (Å²) in [4.78, 5) is 12.2. The number of benzene rings is 2. The van der Waals surface area contributed by atoms with Crippen LogP contribution in [-0.2, 0) is 0 Å². The highest BCUT2D eigenvalue weighted by molar-refractivity contribution is 6.04. The molecule has 0 atom stereocenters. The molecule has 5 nitrogen and oxygen atoms in total. The Balaban J connectivity index is 2.03. The van der Waals surface area contributed by atoms with E-state index >= 15 is 0 Å². The van der Waals surface area contributed by atoms with E-state index in [1.807, 2.05) is 0 Å². The number of carbonyl (C=O) groups is 1. The second-order valence-electron chi connectivity index (χ2n) is 4.95. The summed E-state index contributed by atoms with van der Waals surface area (Å²) in [6.45, 7) is -1.37. The number of nitrogens with one attached hydrogen (secondary N) is 1. The summed E-state index contributed by atoms with van der Waals surface area (Å²) < 4.78 is 51.1. The zero-order valence-corrected chi connectivity index (χ0v) is 13.5. The van der Waals surface area contributed by atoms with Gasteiger partial charge in [-0.1, -0.05) is 0 Å². The van der Waals surface area contributed by atoms with Crippen LogP contribution in [0.25, 0.3) is 0 Å². The second-order valence-corrected chi connectivity index (χ2v) is 4.95. The molecule has 0 unspecified atom stereocenters. The largest absolute Gasteiger partial charge is 0.493 e. The van der Waals surface area contributed by atoms with Gasteiger partial charge in [0.15, 0.2) is 18.1 Å². The molecule has 1 N–H and O–H groups in total. The molecule has 2 aromatic carbocycles. The third kappa shape index (κ3) is 5.30. The standard InChI is InChI=1S/C17H16F3NO4/c1-23-14-8-3-11(9-15(14)24-2)16(22)21-12-4-6-13(7-5-12)25-10-17(18,19)20/h3-9H,10H2,1-2H3,(H,21,22). The molecule has 2 rings (SSSR count). The van der Waals surface area contributed by atoms with Gasteiger partial charge in [0.25, 0.3) is 5.91 Å². The van der Waals surface area contributed by atoms with E-state index < -0.39 is 18.7 Å². The molecule has 0 saturated heterocycles. The lowest BCUT2D eigenvalue weighted by molar-refractivity contribution is -0.153. The highest BCUT2D eigenvalue weighted by Crippen LogP contribution is 2.28. The SMILES string of the molecule is COc1ccc(C(=O)Nc2ccc(OCC(F)(F)F)cc2)cc1OC. The first-order valence-electron chi connectivity index (χ1n) is 7.15. The molecular weight excluding hydrogens is 339 g/mol. The molecule has 0 fully saturated rings. The summed E-state index contributed by atoms with van der Waals surface area (Å²) >= 11 is 0. The van der Waals surface area contributed by atoms with Crippen molar-refractivity contribution in [1.29, 1.82) is 0 Å². The molecule has 0 heterocycles. The summed E-state index contributed by atoms with van der Waals surface area (Å²) in [5.74, 6) is 0.558. The molecule has 134 valence electrons. The first kappa shape index (κ1) is 18.4. The summed E-state index contributed by atoms with van der Waals surface area (Å²) in [7, 11) is 2.94. The van der Waals surface area contributed by atoms with Gasteiger partial charge in [-0.25, -0.2) is 0 Å². The number of alkyl halides is 3. The first-order chi connectivity index (χ1) is 11.8. The van der Waals surface area contributed by atoms with Crippen LogP contribution in [0.15, 0.2) is 42.5 Å². The number of carbonyl (C=O) groups excluding carboxylic acids is 1. The Morgan fingerprint density at radius 2 is 1.64 bits per heavy atom. The molecule has 0 saturated carbocycles. The number of hydrogen-bond donors (Lipinski definition) is 1. The molecule has 1 amide bonds. The van der Waals surface area contributed by atoms with Crippen molar-refractivity contribution in [3.63, 3.8) is 0 Å². The monoisotopic (exact) mass is 355 g/mol. The summed E-state index contributed by atoms with van der Waals surface area (Å²) in [5, 5.41) is 2.63. The van der Waals surface area contributed by atoms with E-state index in [0.717, 1.165) is 0 Å². The van der Waals surface area contributed by atoms with Crippen molar-refractivity contribution < 1.29 is 32.2 Å². The maximum atomic E-state index is 12.2. The fraction of sp³-hybridized carbons (Fsp3) is 0.235. The molecule has 0 bridgehead atoms. The van der Waals surface area contributed by atoms with Gasteiger partial charge < -0.3 is 19.5 Å². The number of anilines is 1. The average Bonchev–Trinajstić information content (AvgIpc) is 2.59. The fourth-order valence-electron chi connectivity index (χ4n) is 1.98. The van der Waals surface area contributed by atoms with Crippen LogP contribution < -0.4 is 19.5 Å². The Morgan fingerprint density at radius 3 is 2.20 bits per heavy atom. The molecule has 0 aliphatic heterocycles. The quantitative estimate of drug-likeness (QED) is 0.854. The van der Waals surface area contributed by atoms with Gasteiger partial charge in [-0.2, -0.15) is 13.2 Å². The smallest absolute Gasteiger partial charge is 0.422 e. The van der Waals surface area contributed by atoms with Gasteiger partial charge in [-0.05, 0) is 42.5 Å². The van der Waals surface area contributed by atoms with Crippen LogP contribution in [0.3, 0.4) is 0 Å². The van der Waals surface area contributed by atoms with Crippen molar-refractivity contribution in [2.24, 2.45) is 0 Å². The van der Waals surface area contributed by atoms with Crippen molar-refractivity contribution in [3.05, 3.63) is 48.0 Å². The van der Waals surface area contributed by atoms with Gasteiger partial charge in [0.1, 0.15) is 5.75 Å². The lowest BCUT2D eigenvalue weighted by Gasteiger charge is -2.11. The predicted octanol–water partition coefficient (Wildman–Crippen LogP) is 3.90. The van der Waals surface area contributed by atoms with E-state index in [9.17, 15) is 18.0 Å². The third-order valence-corrected chi connectivity index (χ3v) is 3.16. The zero-order valence-electron chi connectivity index (χ0n) is 13.5. The van der Waals surface area contributed by atoms with Crippen LogP contribution in [0, 0.1) is 0 Å². The minimum absolute atomic E-state index is 0.0569. The van der Waals surface area contributed by atoms with Crippen molar-refractivity contribution in [2.45, 2.75) is 6.18 Å². The normalized spacial score (nSPS) is 10.9. The van der Waals surface area contributed by atoms with E-state index in [4.69, 9.17) is 9.47 Å². The van der Waals surface area contributed by atoms with Crippen molar-refractivity contribution in [1.82, 2.24) is 0 Å². The molecule has 0 aliphatic rings. The molecule has 0 spiro atoms. The minimum atomic E-state index is -4.40. The van der Waals surface area contributed by atoms with E-state index in [-0.39, 0.29) is 5.75 Å². The third-order valence-electron chi connectivity index (χ3n) is 3.16. The Hall–Kier alpha value is -2.90. The lowest BCUT2D eigenvalue weighted by atomic mass is 10.2. The van der Waals surface area contributed by atoms with E-state index in [0.29, 0.717) is 22.7 Å². The second kappa shape index (κ2) is 7.78. The van der Waals surface area contributed by atoms with E-state index in [1.165, 1.54) is 44.6 Å². The van der Waals surface area contributed by atoms with Crippen molar-refractivity contribution in [2.75, 3.05) is 26.1 Å². The number of amides is 1. The Kier molecular flexibility index (Phi) is 5.74. The van der Waals surface area contributed by atoms with Gasteiger partial charge in [0.05, 0.1) is 14.2 Å². The molecule has 2 aromatic rings. The molecule has 0 radical (unpaired) electrons. The van der Waals surface area contributed by atoms with Crippen LogP contribution in [0.1, 0.15) is 10.4 Å². The summed E-state index contributed by atoms with van der Waals surface area (Å²) in [6.07, 6.45) is -4.40. The van der Waals surface area contributed by atoms with Crippen LogP contribution >= 0.6 is 0 Å². The van der Waals surface area contributed by atoms with Crippen LogP contribution in [0.5, 0.6) is 17.2 Å². The number of rotatable bonds is 6. The number of ether oxygens (including phenoxy) is 3. The number of halogens is 3. The summed E-state index contributed by atoms with van der Waals surface area (Å²) in [6, 6.07) is 10.3. The molecule has 0 aliphatic carbocycles. The fourth-order valence-corrected chi connectivity index (χ4v) is 1.98. The molecule has 8 heteroatoms. The highest BCUT2D eigenvalue weighted by atomic mass is 19.4. The van der Waals surface area contributed by atoms with Gasteiger partial charge in [-0.15, -0.1) is 0 Å². The summed E-state index contributed by atoms with van der Waals surface area (Å²) in [5.41, 5.74) is 0.759. The lowest BCUT2D eigenvalue weighted by Crippen LogP contribution is -2.19. The predicted molar refractivity (Wildman–Crippen MR) is 85.5 cm³/mol. The van der Waals surface area contributed by atoms with Crippen molar-refractivity contribution in [3.8, 4) is 17.2 Å². The number of methoxy groups -OCH3 is 2. The topological polar surface area (TPSA) is 56.8 Å². The molecule has 0 aromatic heterocycles. The maximum Gasteiger partial charge on any atom is 0.422 e. The molecular formula is C17H16F3NO4. The Morgan fingerprint density at radius 1 is 1.00 bits per heavy atom. The van der Waals surface area contributed by atoms with Crippen molar-refractivity contribution >= 4 is 11.6 Å². The van der Waals surface area contributed by atoms with Gasteiger partial charge in [0, 0.05) is 11.3 Å². The van der Waals surface area contributed by atoms with E-state index in [1.54, 1.807) is 12.1 Å². The Labute approximate surface area is 142 Å². The van der Waals surface area contributed by atoms with E-state index in [2.05, 4.69) is 10.1 Å². The van der Waals surface area contributed by atoms with Gasteiger partial charge in [-0.3, -0.25) is 4.79 Å². The average molecular weight is 355 g/mol. The Bertz CT molecular complexity index is 730. The highest BCUT2D eigenvalue weighted by Gasteiger charge is 2.28. The van der Waals surface area contributed by atoms with Gasteiger partial charge >= 0.3 is 6.18 Å². The van der Waals surface area contributed by atoms with Crippen LogP contribution in [-0.4, -0.2) is 32.9 Å². The zero-order chi connectivity index (χ0) is 18.4. The van der Waals surface area contributed by atoms with Gasteiger partial charge in [0.2, 0.25) is 0 Å². The minimum Gasteiger partial charge on any atom is -0.493 e. The van der Waals surface area contributed by atoms with Crippen LogP contribution in [0.2, 0.25) is 0 Å². The number of hydrogen-bond acceptors (Lipinski definition) is 4. The molecule has 25 heavy (non-hydrogen) atoms. The van der Waals surface area contributed by atoms with Crippen LogP contribution in [0.4, 0.5) is 18.9 Å².